The maximum absolute atomic E-state index is 13.9. The largest absolute Gasteiger partial charge is 0.456 e. The molecule has 0 radical (unpaired) electrons. The predicted molar refractivity (Wildman–Crippen MR) is 134 cm³/mol. The molecule has 0 bridgehead atoms. The van der Waals surface area contributed by atoms with Crippen molar-refractivity contribution in [1.29, 1.82) is 0 Å². The summed E-state index contributed by atoms with van der Waals surface area (Å²) < 4.78 is 78.2. The Hall–Kier alpha value is -2.10. The number of fused-ring (bicyclic) bond motifs is 4. The lowest BCUT2D eigenvalue weighted by Gasteiger charge is -2.55. The summed E-state index contributed by atoms with van der Waals surface area (Å²) in [5.41, 5.74) is 3.05. The first-order valence-corrected chi connectivity index (χ1v) is 13.5. The molecule has 4 nitrogen and oxygen atoms in total. The number of rotatable bonds is 6. The second kappa shape index (κ2) is 9.77. The van der Waals surface area contributed by atoms with Crippen molar-refractivity contribution in [2.45, 2.75) is 81.6 Å². The van der Waals surface area contributed by atoms with Gasteiger partial charge in [0.15, 0.2) is 11.9 Å². The molecular formula is C30H35F5O4. The minimum absolute atomic E-state index is 0.119. The molecule has 214 valence electrons. The molecule has 0 spiro atoms. The lowest BCUT2D eigenvalue weighted by Crippen LogP contribution is -2.54. The number of ketones is 1. The van der Waals surface area contributed by atoms with Crippen LogP contribution >= 0.6 is 0 Å². The number of aliphatic hydroxyl groups is 1. The maximum atomic E-state index is 13.9. The number of aliphatic hydroxyl groups excluding tert-OH is 1. The molecule has 0 aliphatic heterocycles. The van der Waals surface area contributed by atoms with E-state index < -0.39 is 29.4 Å². The van der Waals surface area contributed by atoms with Gasteiger partial charge in [-0.05, 0) is 78.7 Å². The van der Waals surface area contributed by atoms with Crippen LogP contribution in [0.4, 0.5) is 22.0 Å². The van der Waals surface area contributed by atoms with Crippen molar-refractivity contribution in [2.24, 2.45) is 17.3 Å². The van der Waals surface area contributed by atoms with Gasteiger partial charge < -0.3 is 14.6 Å². The lowest BCUT2D eigenvalue weighted by atomic mass is 9.51. The molecule has 1 aromatic carbocycles. The number of ether oxygens (including phenoxy) is 2. The van der Waals surface area contributed by atoms with Crippen LogP contribution in [-0.2, 0) is 14.3 Å². The molecule has 1 aromatic rings. The van der Waals surface area contributed by atoms with Gasteiger partial charge >= 0.3 is 12.1 Å². The smallest absolute Gasteiger partial charge is 0.382 e. The Balaban J connectivity index is 1.60. The standard InChI is InChI=1S/C30H35F5O4/c1-27-15-23(17-4-6-18(7-5-17)26(37)29(31,32)30(33,34)35)25-21-11-9-20(36)14-19(21)8-10-22(25)24(27)12-13-28(27,39-3)16-38-2/h4-7,14,22-24,26,37H,8-13,15-16H2,1-3H3/t22-,23+,24-,26?,27-,28+/m0/s1. The van der Waals surface area contributed by atoms with E-state index in [0.29, 0.717) is 31.8 Å². The molecule has 39 heavy (non-hydrogen) atoms. The second-order valence-corrected chi connectivity index (χ2v) is 11.9. The minimum atomic E-state index is -5.87. The molecule has 1 unspecified atom stereocenters. The number of halogens is 5. The van der Waals surface area contributed by atoms with Crippen molar-refractivity contribution in [3.63, 3.8) is 0 Å². The van der Waals surface area contributed by atoms with Gasteiger partial charge in [-0.3, -0.25) is 4.79 Å². The summed E-state index contributed by atoms with van der Waals surface area (Å²) in [5.74, 6) is -4.72. The number of benzene rings is 1. The van der Waals surface area contributed by atoms with E-state index in [9.17, 15) is 31.9 Å². The highest BCUT2D eigenvalue weighted by Gasteiger charge is 2.64. The summed E-state index contributed by atoms with van der Waals surface area (Å²) in [7, 11) is 3.36. The van der Waals surface area contributed by atoms with Gasteiger partial charge in [-0.15, -0.1) is 0 Å². The van der Waals surface area contributed by atoms with E-state index >= 15 is 0 Å². The fourth-order valence-electron chi connectivity index (χ4n) is 8.18. The van der Waals surface area contributed by atoms with Crippen LogP contribution in [0, 0.1) is 17.3 Å². The molecule has 0 amide bonds. The van der Waals surface area contributed by atoms with E-state index in [2.05, 4.69) is 6.92 Å². The topological polar surface area (TPSA) is 55.8 Å². The second-order valence-electron chi connectivity index (χ2n) is 11.9. The lowest BCUT2D eigenvalue weighted by molar-refractivity contribution is -0.315. The summed E-state index contributed by atoms with van der Waals surface area (Å²) in [6, 6.07) is 5.47. The van der Waals surface area contributed by atoms with E-state index in [4.69, 9.17) is 9.47 Å². The Kier molecular flexibility index (Phi) is 7.12. The van der Waals surface area contributed by atoms with Crippen LogP contribution in [-0.4, -0.2) is 49.4 Å². The Labute approximate surface area is 225 Å². The van der Waals surface area contributed by atoms with E-state index in [1.54, 1.807) is 32.4 Å². The average molecular weight is 555 g/mol. The zero-order chi connectivity index (χ0) is 28.4. The Bertz CT molecular complexity index is 1190. The molecule has 1 N–H and O–H groups in total. The highest BCUT2D eigenvalue weighted by molar-refractivity contribution is 5.93. The molecule has 0 saturated heterocycles. The number of hydrogen-bond donors (Lipinski definition) is 1. The van der Waals surface area contributed by atoms with Crippen LogP contribution in [0.1, 0.15) is 75.0 Å². The third-order valence-electron chi connectivity index (χ3n) is 10.2. The molecule has 6 atom stereocenters. The van der Waals surface area contributed by atoms with Crippen LogP contribution in [0.25, 0.3) is 0 Å². The van der Waals surface area contributed by atoms with Gasteiger partial charge in [-0.2, -0.15) is 22.0 Å². The number of methoxy groups -OCH3 is 2. The van der Waals surface area contributed by atoms with E-state index in [1.807, 2.05) is 0 Å². The zero-order valence-electron chi connectivity index (χ0n) is 22.4. The molecule has 0 heterocycles. The van der Waals surface area contributed by atoms with Crippen LogP contribution in [0.5, 0.6) is 0 Å². The number of carbonyl (C=O) groups is 1. The zero-order valence-corrected chi connectivity index (χ0v) is 22.4. The monoisotopic (exact) mass is 554 g/mol. The van der Waals surface area contributed by atoms with Gasteiger partial charge in [0.2, 0.25) is 0 Å². The third kappa shape index (κ3) is 4.30. The first-order chi connectivity index (χ1) is 18.3. The summed E-state index contributed by atoms with van der Waals surface area (Å²) >= 11 is 0. The van der Waals surface area contributed by atoms with Gasteiger partial charge in [0, 0.05) is 32.0 Å². The molecule has 2 saturated carbocycles. The Morgan fingerprint density at radius 2 is 1.74 bits per heavy atom. The number of allylic oxidation sites excluding steroid dienone is 4. The molecule has 4 aliphatic carbocycles. The van der Waals surface area contributed by atoms with E-state index in [1.165, 1.54) is 23.3 Å². The van der Waals surface area contributed by atoms with E-state index in [0.717, 1.165) is 36.8 Å². The van der Waals surface area contributed by atoms with E-state index in [-0.39, 0.29) is 23.0 Å². The number of alkyl halides is 5. The first kappa shape index (κ1) is 28.4. The highest BCUT2D eigenvalue weighted by Crippen LogP contribution is 2.67. The van der Waals surface area contributed by atoms with Crippen molar-refractivity contribution in [2.75, 3.05) is 20.8 Å². The number of carbonyl (C=O) groups excluding carboxylic acids is 1. The van der Waals surface area contributed by atoms with Crippen LogP contribution in [0.15, 0.2) is 47.1 Å². The van der Waals surface area contributed by atoms with Crippen molar-refractivity contribution in [3.8, 4) is 0 Å². The third-order valence-corrected chi connectivity index (χ3v) is 10.2. The van der Waals surface area contributed by atoms with Gasteiger partial charge in [-0.25, -0.2) is 0 Å². The van der Waals surface area contributed by atoms with Crippen molar-refractivity contribution in [1.82, 2.24) is 0 Å². The van der Waals surface area contributed by atoms with Crippen molar-refractivity contribution >= 4 is 5.78 Å². The average Bonchev–Trinajstić information content (AvgIpc) is 3.19. The highest BCUT2D eigenvalue weighted by atomic mass is 19.4. The van der Waals surface area contributed by atoms with Crippen LogP contribution < -0.4 is 0 Å². The van der Waals surface area contributed by atoms with Crippen LogP contribution in [0.2, 0.25) is 0 Å². The normalized spacial score (nSPS) is 33.8. The molecule has 4 aliphatic rings. The quantitative estimate of drug-likeness (QED) is 0.391. The Morgan fingerprint density at radius 3 is 2.36 bits per heavy atom. The minimum Gasteiger partial charge on any atom is -0.382 e. The molecule has 5 rings (SSSR count). The number of hydrogen-bond acceptors (Lipinski definition) is 4. The summed E-state index contributed by atoms with van der Waals surface area (Å²) in [6.45, 7) is 2.67. The Morgan fingerprint density at radius 1 is 1.05 bits per heavy atom. The van der Waals surface area contributed by atoms with Crippen molar-refractivity contribution < 1.29 is 41.3 Å². The fourth-order valence-corrected chi connectivity index (χ4v) is 8.18. The van der Waals surface area contributed by atoms with Gasteiger partial charge in [0.05, 0.1) is 12.2 Å². The van der Waals surface area contributed by atoms with Crippen LogP contribution in [0.3, 0.4) is 0 Å². The molecular weight excluding hydrogens is 519 g/mol. The molecule has 9 heteroatoms. The maximum Gasteiger partial charge on any atom is 0.456 e. The molecule has 2 fully saturated rings. The first-order valence-electron chi connectivity index (χ1n) is 13.5. The molecule has 0 aromatic heterocycles. The summed E-state index contributed by atoms with van der Waals surface area (Å²) in [4.78, 5) is 12.2. The predicted octanol–water partition coefficient (Wildman–Crippen LogP) is 6.85. The van der Waals surface area contributed by atoms with Gasteiger partial charge in [0.25, 0.3) is 0 Å². The summed E-state index contributed by atoms with van der Waals surface area (Å²) in [6.07, 6.45) is -1.83. The van der Waals surface area contributed by atoms with Crippen molar-refractivity contribution in [3.05, 3.63) is 58.2 Å². The fraction of sp³-hybridized carbons (Fsp3) is 0.633. The summed E-state index contributed by atoms with van der Waals surface area (Å²) in [5, 5.41) is 9.93. The SMILES string of the molecule is COC[C@]1(OC)CC[C@H]2[C@@H]3CCC4=CC(=O)CCC4=C3[C@@H](c3ccc(C(O)C(F)(F)C(F)(F)F)cc3)C[C@@]21C. The van der Waals surface area contributed by atoms with Gasteiger partial charge in [0.1, 0.15) is 0 Å². The van der Waals surface area contributed by atoms with Gasteiger partial charge in [-0.1, -0.05) is 36.8 Å².